The minimum atomic E-state index is -0.533. The van der Waals surface area contributed by atoms with Crippen LogP contribution in [0.5, 0.6) is 0 Å². The first kappa shape index (κ1) is 31.5. The zero-order valence-electron chi connectivity index (χ0n) is 25.3. The largest absolute Gasteiger partial charge is 0.332 e. The van der Waals surface area contributed by atoms with Gasteiger partial charge in [0.1, 0.15) is 16.3 Å². The van der Waals surface area contributed by atoms with Crippen molar-refractivity contribution in [2.45, 2.75) is 36.6 Å². The summed E-state index contributed by atoms with van der Waals surface area (Å²) < 4.78 is 0. The molecule has 46 heavy (non-hydrogen) atoms. The fourth-order valence-electron chi connectivity index (χ4n) is 5.43. The van der Waals surface area contributed by atoms with Gasteiger partial charge in [-0.25, -0.2) is 0 Å². The summed E-state index contributed by atoms with van der Waals surface area (Å²) in [6, 6.07) is 38.5. The molecule has 1 aliphatic heterocycles. The number of hydrogen-bond acceptors (Lipinski definition) is 6. The van der Waals surface area contributed by atoms with Crippen LogP contribution in [-0.2, 0) is 24.3 Å². The van der Waals surface area contributed by atoms with Crippen molar-refractivity contribution in [1.82, 2.24) is 4.90 Å². The molecule has 0 aliphatic carbocycles. The van der Waals surface area contributed by atoms with E-state index in [0.717, 1.165) is 58.3 Å². The number of thioether (sulfide) groups is 1. The van der Waals surface area contributed by atoms with Crippen molar-refractivity contribution in [3.05, 3.63) is 142 Å². The molecular formula is C37H33N5OS3. The van der Waals surface area contributed by atoms with Gasteiger partial charge >= 0.3 is 0 Å². The van der Waals surface area contributed by atoms with E-state index in [1.165, 1.54) is 34.2 Å². The van der Waals surface area contributed by atoms with E-state index in [1.807, 2.05) is 91.9 Å². The first-order chi connectivity index (χ1) is 22.4. The number of rotatable bonds is 9. The molecule has 4 aromatic carbocycles. The van der Waals surface area contributed by atoms with E-state index in [1.54, 1.807) is 0 Å². The molecule has 230 valence electrons. The third-order valence-corrected chi connectivity index (χ3v) is 10.3. The Morgan fingerprint density at radius 3 is 2.39 bits per heavy atom. The molecule has 3 N–H and O–H groups in total. The van der Waals surface area contributed by atoms with E-state index in [0.29, 0.717) is 15.7 Å². The van der Waals surface area contributed by atoms with Crippen molar-refractivity contribution < 1.29 is 4.79 Å². The number of thiophene rings is 1. The van der Waals surface area contributed by atoms with Crippen molar-refractivity contribution in [3.63, 3.8) is 0 Å². The summed E-state index contributed by atoms with van der Waals surface area (Å²) >= 11 is 8.54. The van der Waals surface area contributed by atoms with Crippen LogP contribution in [0.25, 0.3) is 0 Å². The van der Waals surface area contributed by atoms with Crippen molar-refractivity contribution >= 4 is 62.7 Å². The molecule has 0 fully saturated rings. The number of nitrogens with one attached hydrogen (secondary N) is 3. The van der Waals surface area contributed by atoms with Crippen LogP contribution < -0.4 is 16.0 Å². The van der Waals surface area contributed by atoms with E-state index in [9.17, 15) is 10.1 Å². The number of carbonyl (C=O) groups excluding carboxylic acids is 1. The van der Waals surface area contributed by atoms with E-state index in [2.05, 4.69) is 51.2 Å². The van der Waals surface area contributed by atoms with Gasteiger partial charge in [-0.1, -0.05) is 84.4 Å². The maximum absolute atomic E-state index is 14.0. The Morgan fingerprint density at radius 2 is 1.65 bits per heavy atom. The van der Waals surface area contributed by atoms with E-state index in [-0.39, 0.29) is 5.91 Å². The van der Waals surface area contributed by atoms with Crippen LogP contribution in [0.1, 0.15) is 37.9 Å². The van der Waals surface area contributed by atoms with E-state index >= 15 is 0 Å². The fraction of sp³-hybridized carbons (Fsp3) is 0.162. The maximum Gasteiger partial charge on any atom is 0.243 e. The van der Waals surface area contributed by atoms with Gasteiger partial charge in [0.05, 0.1) is 5.56 Å². The lowest BCUT2D eigenvalue weighted by molar-refractivity contribution is -0.115. The molecule has 5 aromatic rings. The number of nitrogens with zero attached hydrogens (tertiary/aromatic N) is 2. The molecule has 1 amide bonds. The SMILES string of the molecule is Cc1ccc(NC(=S)Nc2cccc(SC(C(=O)Nc3sc4c(c3C#N)CCN(Cc3ccccc3)C4)c3ccccc3)c2)cc1. The maximum atomic E-state index is 14.0. The van der Waals surface area contributed by atoms with Crippen LogP contribution in [0, 0.1) is 18.3 Å². The Bertz CT molecular complexity index is 1870. The second kappa shape index (κ2) is 14.8. The summed E-state index contributed by atoms with van der Waals surface area (Å²) in [4.78, 5) is 18.5. The third-order valence-electron chi connectivity index (χ3n) is 7.73. The third kappa shape index (κ3) is 7.84. The zero-order chi connectivity index (χ0) is 31.9. The summed E-state index contributed by atoms with van der Waals surface area (Å²) in [5.41, 5.74) is 6.70. The van der Waals surface area contributed by atoms with E-state index < -0.39 is 5.25 Å². The van der Waals surface area contributed by atoms with Gasteiger partial charge in [0.25, 0.3) is 0 Å². The van der Waals surface area contributed by atoms with Gasteiger partial charge in [-0.2, -0.15) is 5.26 Å². The lowest BCUT2D eigenvalue weighted by Crippen LogP contribution is -2.29. The number of thiocarbonyl (C=S) groups is 1. The van der Waals surface area contributed by atoms with Gasteiger partial charge in [-0.15, -0.1) is 23.1 Å². The molecule has 2 heterocycles. The molecule has 0 bridgehead atoms. The van der Waals surface area contributed by atoms with Crippen LogP contribution >= 0.6 is 35.3 Å². The fourth-order valence-corrected chi connectivity index (χ4v) is 7.99. The van der Waals surface area contributed by atoms with Gasteiger partial charge < -0.3 is 16.0 Å². The second-order valence-electron chi connectivity index (χ2n) is 11.1. The van der Waals surface area contributed by atoms with Crippen LogP contribution in [0.4, 0.5) is 16.4 Å². The Balaban J connectivity index is 1.17. The van der Waals surface area contributed by atoms with Gasteiger partial charge in [-0.05, 0) is 72.6 Å². The highest BCUT2D eigenvalue weighted by Crippen LogP contribution is 2.41. The molecular weight excluding hydrogens is 627 g/mol. The quantitative estimate of drug-likeness (QED) is 0.108. The molecule has 0 saturated carbocycles. The second-order valence-corrected chi connectivity index (χ2v) is 13.8. The Labute approximate surface area is 283 Å². The lowest BCUT2D eigenvalue weighted by Gasteiger charge is -2.26. The van der Waals surface area contributed by atoms with Crippen molar-refractivity contribution in [1.29, 1.82) is 5.26 Å². The standard InChI is InChI=1S/C37H33N5OS3/c1-25-15-17-28(18-16-25)39-37(44)40-29-13-8-14-30(21-29)45-34(27-11-6-3-7-12-27)35(43)41-36-32(22-38)31-19-20-42(24-33(31)46-36)23-26-9-4-2-5-10-26/h2-18,21,34H,19-20,23-24H2,1H3,(H,41,43)(H2,39,40,44). The summed E-state index contributed by atoms with van der Waals surface area (Å²) in [5.74, 6) is -0.164. The average molecular weight is 660 g/mol. The van der Waals surface area contributed by atoms with Gasteiger partial charge in [0.2, 0.25) is 5.91 Å². The first-order valence-corrected chi connectivity index (χ1v) is 17.1. The molecule has 1 unspecified atom stereocenters. The van der Waals surface area contributed by atoms with Gasteiger partial charge in [-0.3, -0.25) is 9.69 Å². The highest BCUT2D eigenvalue weighted by Gasteiger charge is 2.28. The number of carbonyl (C=O) groups is 1. The Morgan fingerprint density at radius 1 is 0.935 bits per heavy atom. The minimum absolute atomic E-state index is 0.164. The minimum Gasteiger partial charge on any atom is -0.332 e. The van der Waals surface area contributed by atoms with Gasteiger partial charge in [0.15, 0.2) is 5.11 Å². The normalized spacial score (nSPS) is 13.2. The van der Waals surface area contributed by atoms with Crippen LogP contribution in [-0.4, -0.2) is 22.5 Å². The Hall–Kier alpha value is -4.46. The molecule has 1 aromatic heterocycles. The molecule has 9 heteroatoms. The number of nitriles is 1. The van der Waals surface area contributed by atoms with Crippen molar-refractivity contribution in [2.75, 3.05) is 22.5 Å². The van der Waals surface area contributed by atoms with Crippen LogP contribution in [0.15, 0.2) is 114 Å². The molecule has 6 nitrogen and oxygen atoms in total. The Kier molecular flexibility index (Phi) is 10.1. The average Bonchev–Trinajstić information content (AvgIpc) is 3.41. The van der Waals surface area contributed by atoms with Crippen molar-refractivity contribution in [3.8, 4) is 6.07 Å². The van der Waals surface area contributed by atoms with Gasteiger partial charge in [0, 0.05) is 40.8 Å². The number of benzene rings is 4. The topological polar surface area (TPSA) is 80.2 Å². The summed E-state index contributed by atoms with van der Waals surface area (Å²) in [7, 11) is 0. The predicted molar refractivity (Wildman–Crippen MR) is 194 cm³/mol. The molecule has 1 aliphatic rings. The molecule has 0 radical (unpaired) electrons. The number of aryl methyl sites for hydroxylation is 1. The highest BCUT2D eigenvalue weighted by atomic mass is 32.2. The number of hydrogen-bond donors (Lipinski definition) is 3. The zero-order valence-corrected chi connectivity index (χ0v) is 27.8. The number of anilines is 3. The summed E-state index contributed by atoms with van der Waals surface area (Å²) in [5, 5.41) is 20.3. The van der Waals surface area contributed by atoms with Crippen molar-refractivity contribution in [2.24, 2.45) is 0 Å². The number of fused-ring (bicyclic) bond motifs is 1. The van der Waals surface area contributed by atoms with Crippen LogP contribution in [0.3, 0.4) is 0 Å². The number of amides is 1. The molecule has 6 rings (SSSR count). The predicted octanol–water partition coefficient (Wildman–Crippen LogP) is 8.77. The summed E-state index contributed by atoms with van der Waals surface area (Å²) in [6.07, 6.45) is 0.786. The lowest BCUT2D eigenvalue weighted by atomic mass is 10.0. The first-order valence-electron chi connectivity index (χ1n) is 15.0. The molecule has 1 atom stereocenters. The summed E-state index contributed by atoms with van der Waals surface area (Å²) in [6.45, 7) is 4.53. The monoisotopic (exact) mass is 659 g/mol. The van der Waals surface area contributed by atoms with Crippen LogP contribution in [0.2, 0.25) is 0 Å². The molecule has 0 spiro atoms. The molecule has 0 saturated heterocycles. The smallest absolute Gasteiger partial charge is 0.243 e. The highest BCUT2D eigenvalue weighted by molar-refractivity contribution is 8.00. The van der Waals surface area contributed by atoms with E-state index in [4.69, 9.17) is 12.2 Å².